The fourth-order valence-electron chi connectivity index (χ4n) is 2.40. The minimum absolute atomic E-state index is 0.0699. The van der Waals surface area contributed by atoms with Gasteiger partial charge in [0.05, 0.1) is 17.8 Å². The van der Waals surface area contributed by atoms with Crippen molar-refractivity contribution >= 4 is 0 Å². The highest BCUT2D eigenvalue weighted by molar-refractivity contribution is 4.82. The molecule has 16 heavy (non-hydrogen) atoms. The molecule has 2 unspecified atom stereocenters. The van der Waals surface area contributed by atoms with Crippen LogP contribution in [0, 0.1) is 0 Å². The van der Waals surface area contributed by atoms with E-state index in [0.29, 0.717) is 18.2 Å². The Morgan fingerprint density at radius 2 is 1.81 bits per heavy atom. The van der Waals surface area contributed by atoms with Crippen LogP contribution in [0.1, 0.15) is 47.5 Å². The largest absolute Gasteiger partial charge is 0.375 e. The quantitative estimate of drug-likeness (QED) is 0.785. The lowest BCUT2D eigenvalue weighted by atomic mass is 9.99. The van der Waals surface area contributed by atoms with Gasteiger partial charge in [0, 0.05) is 19.2 Å². The Kier molecular flexibility index (Phi) is 5.22. The Morgan fingerprint density at radius 1 is 1.25 bits per heavy atom. The standard InChI is InChI=1S/C13H27NO2/c1-6-15-13(4,5)9-14-12-7-10(2)16-11(3)8-12/h10-12,14H,6-9H2,1-5H3. The molecule has 3 heteroatoms. The number of hydrogen-bond acceptors (Lipinski definition) is 3. The van der Waals surface area contributed by atoms with E-state index in [1.807, 2.05) is 6.92 Å². The van der Waals surface area contributed by atoms with Crippen molar-refractivity contribution in [2.75, 3.05) is 13.2 Å². The molecule has 96 valence electrons. The topological polar surface area (TPSA) is 30.5 Å². The lowest BCUT2D eigenvalue weighted by Gasteiger charge is -2.35. The molecule has 0 saturated carbocycles. The van der Waals surface area contributed by atoms with E-state index in [9.17, 15) is 0 Å². The molecule has 3 nitrogen and oxygen atoms in total. The van der Waals surface area contributed by atoms with E-state index in [1.54, 1.807) is 0 Å². The van der Waals surface area contributed by atoms with E-state index in [0.717, 1.165) is 26.0 Å². The average Bonchev–Trinajstić information content (AvgIpc) is 2.13. The SMILES string of the molecule is CCOC(C)(C)CNC1CC(C)OC(C)C1. The molecule has 0 aromatic rings. The summed E-state index contributed by atoms with van der Waals surface area (Å²) in [7, 11) is 0. The molecule has 0 amide bonds. The monoisotopic (exact) mass is 229 g/mol. The Hall–Kier alpha value is -0.120. The summed E-state index contributed by atoms with van der Waals surface area (Å²) < 4.78 is 11.4. The molecule has 1 saturated heterocycles. The zero-order chi connectivity index (χ0) is 12.2. The summed E-state index contributed by atoms with van der Waals surface area (Å²) in [5, 5.41) is 3.60. The van der Waals surface area contributed by atoms with Crippen molar-refractivity contribution in [3.8, 4) is 0 Å². The van der Waals surface area contributed by atoms with Crippen LogP contribution in [0.3, 0.4) is 0 Å². The third-order valence-corrected chi connectivity index (χ3v) is 3.05. The van der Waals surface area contributed by atoms with Gasteiger partial charge in [-0.15, -0.1) is 0 Å². The van der Waals surface area contributed by atoms with Crippen molar-refractivity contribution in [1.82, 2.24) is 5.32 Å². The second-order valence-corrected chi connectivity index (χ2v) is 5.50. The van der Waals surface area contributed by atoms with Crippen LogP contribution in [0.15, 0.2) is 0 Å². The summed E-state index contributed by atoms with van der Waals surface area (Å²) in [5.74, 6) is 0. The first-order valence-corrected chi connectivity index (χ1v) is 6.45. The summed E-state index contributed by atoms with van der Waals surface area (Å²) in [6.45, 7) is 12.3. The molecule has 0 aliphatic carbocycles. The Morgan fingerprint density at radius 3 is 2.31 bits per heavy atom. The number of ether oxygens (including phenoxy) is 2. The van der Waals surface area contributed by atoms with Crippen molar-refractivity contribution in [3.63, 3.8) is 0 Å². The summed E-state index contributed by atoms with van der Waals surface area (Å²) in [6.07, 6.45) is 2.95. The molecule has 1 fully saturated rings. The van der Waals surface area contributed by atoms with Gasteiger partial charge < -0.3 is 14.8 Å². The van der Waals surface area contributed by atoms with E-state index in [-0.39, 0.29) is 5.60 Å². The molecule has 0 aromatic heterocycles. The lowest BCUT2D eigenvalue weighted by Crippen LogP contribution is -2.47. The molecular weight excluding hydrogens is 202 g/mol. The van der Waals surface area contributed by atoms with E-state index in [4.69, 9.17) is 9.47 Å². The van der Waals surface area contributed by atoms with Crippen LogP contribution in [0.2, 0.25) is 0 Å². The maximum absolute atomic E-state index is 5.72. The van der Waals surface area contributed by atoms with Crippen LogP contribution in [0.4, 0.5) is 0 Å². The van der Waals surface area contributed by atoms with Gasteiger partial charge in [-0.2, -0.15) is 0 Å². The van der Waals surface area contributed by atoms with Gasteiger partial charge in [0.2, 0.25) is 0 Å². The predicted molar refractivity (Wildman–Crippen MR) is 66.7 cm³/mol. The highest BCUT2D eigenvalue weighted by atomic mass is 16.5. The molecule has 0 radical (unpaired) electrons. The number of nitrogens with one attached hydrogen (secondary N) is 1. The van der Waals surface area contributed by atoms with Gasteiger partial charge in [0.15, 0.2) is 0 Å². The van der Waals surface area contributed by atoms with Crippen molar-refractivity contribution in [1.29, 1.82) is 0 Å². The van der Waals surface area contributed by atoms with E-state index in [1.165, 1.54) is 0 Å². The van der Waals surface area contributed by atoms with E-state index >= 15 is 0 Å². The minimum Gasteiger partial charge on any atom is -0.375 e. The Labute approximate surface area is 99.9 Å². The van der Waals surface area contributed by atoms with Crippen molar-refractivity contribution in [2.24, 2.45) is 0 Å². The zero-order valence-electron chi connectivity index (χ0n) is 11.4. The summed E-state index contributed by atoms with van der Waals surface area (Å²) in [5.41, 5.74) is -0.0699. The minimum atomic E-state index is -0.0699. The highest BCUT2D eigenvalue weighted by Gasteiger charge is 2.26. The third kappa shape index (κ3) is 4.81. The van der Waals surface area contributed by atoms with Gasteiger partial charge in [-0.05, 0) is 47.5 Å². The van der Waals surface area contributed by atoms with Crippen LogP contribution >= 0.6 is 0 Å². The smallest absolute Gasteiger partial charge is 0.0750 e. The van der Waals surface area contributed by atoms with Gasteiger partial charge in [0.25, 0.3) is 0 Å². The van der Waals surface area contributed by atoms with Gasteiger partial charge in [-0.25, -0.2) is 0 Å². The second kappa shape index (κ2) is 5.99. The molecule has 1 N–H and O–H groups in total. The van der Waals surface area contributed by atoms with Crippen LogP contribution in [-0.4, -0.2) is 37.0 Å². The molecule has 0 spiro atoms. The molecule has 0 bridgehead atoms. The molecule has 0 aromatic carbocycles. The molecule has 1 rings (SSSR count). The number of hydrogen-bond donors (Lipinski definition) is 1. The van der Waals surface area contributed by atoms with Gasteiger partial charge in [-0.1, -0.05) is 0 Å². The first kappa shape index (κ1) is 13.9. The fourth-order valence-corrected chi connectivity index (χ4v) is 2.40. The van der Waals surface area contributed by atoms with Crippen LogP contribution in [-0.2, 0) is 9.47 Å². The average molecular weight is 229 g/mol. The molecular formula is C13H27NO2. The maximum atomic E-state index is 5.72. The van der Waals surface area contributed by atoms with Crippen molar-refractivity contribution in [3.05, 3.63) is 0 Å². The predicted octanol–water partition coefficient (Wildman–Crippen LogP) is 2.35. The maximum Gasteiger partial charge on any atom is 0.0750 e. The summed E-state index contributed by atoms with van der Waals surface area (Å²) in [4.78, 5) is 0. The molecule has 1 heterocycles. The normalized spacial score (nSPS) is 31.7. The fraction of sp³-hybridized carbons (Fsp3) is 1.00. The van der Waals surface area contributed by atoms with Crippen molar-refractivity contribution in [2.45, 2.75) is 71.3 Å². The zero-order valence-corrected chi connectivity index (χ0v) is 11.4. The van der Waals surface area contributed by atoms with Gasteiger partial charge >= 0.3 is 0 Å². The molecule has 2 atom stereocenters. The van der Waals surface area contributed by atoms with Crippen LogP contribution in [0.5, 0.6) is 0 Å². The first-order valence-electron chi connectivity index (χ1n) is 6.45. The van der Waals surface area contributed by atoms with E-state index in [2.05, 4.69) is 33.0 Å². The second-order valence-electron chi connectivity index (χ2n) is 5.50. The van der Waals surface area contributed by atoms with Gasteiger partial charge in [0.1, 0.15) is 0 Å². The highest BCUT2D eigenvalue weighted by Crippen LogP contribution is 2.19. The van der Waals surface area contributed by atoms with Crippen molar-refractivity contribution < 1.29 is 9.47 Å². The first-order chi connectivity index (χ1) is 7.43. The lowest BCUT2D eigenvalue weighted by molar-refractivity contribution is -0.0507. The summed E-state index contributed by atoms with van der Waals surface area (Å²) in [6, 6.07) is 0.568. The van der Waals surface area contributed by atoms with Crippen LogP contribution < -0.4 is 5.32 Å². The van der Waals surface area contributed by atoms with Crippen LogP contribution in [0.25, 0.3) is 0 Å². The Balaban J connectivity index is 2.31. The summed E-state index contributed by atoms with van der Waals surface area (Å²) >= 11 is 0. The third-order valence-electron chi connectivity index (χ3n) is 3.05. The number of rotatable bonds is 5. The van der Waals surface area contributed by atoms with E-state index < -0.39 is 0 Å². The van der Waals surface area contributed by atoms with Gasteiger partial charge in [-0.3, -0.25) is 0 Å². The molecule has 1 aliphatic rings. The molecule has 1 aliphatic heterocycles. The Bertz CT molecular complexity index is 196.